The summed E-state index contributed by atoms with van der Waals surface area (Å²) in [4.78, 5) is 37.2. The van der Waals surface area contributed by atoms with E-state index in [0.717, 1.165) is 22.3 Å². The van der Waals surface area contributed by atoms with Crippen LogP contribution >= 0.6 is 0 Å². The third-order valence-electron chi connectivity index (χ3n) is 6.71. The monoisotopic (exact) mass is 480 g/mol. The second-order valence-corrected chi connectivity index (χ2v) is 10.7. The molecule has 1 aliphatic carbocycles. The average Bonchev–Trinajstić information content (AvgIpc) is 3.13. The van der Waals surface area contributed by atoms with Gasteiger partial charge in [0.2, 0.25) is 5.91 Å². The van der Waals surface area contributed by atoms with Gasteiger partial charge in [-0.15, -0.1) is 0 Å². The Bertz CT molecular complexity index is 1050. The maximum absolute atomic E-state index is 13.0. The van der Waals surface area contributed by atoms with Gasteiger partial charge in [0.05, 0.1) is 5.41 Å². The molecule has 3 N–H and O–H groups in total. The minimum atomic E-state index is -1.07. The first-order chi connectivity index (χ1) is 16.4. The first kappa shape index (κ1) is 26.3. The molecule has 2 amide bonds. The fourth-order valence-electron chi connectivity index (χ4n) is 4.43. The van der Waals surface area contributed by atoms with Crippen LogP contribution in [0.25, 0.3) is 11.1 Å². The molecule has 2 aromatic rings. The van der Waals surface area contributed by atoms with Crippen LogP contribution in [0.15, 0.2) is 48.5 Å². The molecular formula is C28H36N2O5. The van der Waals surface area contributed by atoms with Crippen molar-refractivity contribution in [2.24, 2.45) is 10.8 Å². The number of aliphatic carboxylic acids is 1. The van der Waals surface area contributed by atoms with E-state index in [1.807, 2.05) is 52.0 Å². The highest BCUT2D eigenvalue weighted by Gasteiger charge is 2.36. The molecule has 3 rings (SSSR count). The Morgan fingerprint density at radius 2 is 1.51 bits per heavy atom. The minimum Gasteiger partial charge on any atom is -0.480 e. The summed E-state index contributed by atoms with van der Waals surface area (Å²) in [6.45, 7) is 9.53. The van der Waals surface area contributed by atoms with Crippen molar-refractivity contribution in [1.82, 2.24) is 10.6 Å². The Hall–Kier alpha value is -3.35. The summed E-state index contributed by atoms with van der Waals surface area (Å²) < 4.78 is 5.57. The van der Waals surface area contributed by atoms with Crippen LogP contribution in [0.5, 0.6) is 0 Å². The molecule has 35 heavy (non-hydrogen) atoms. The molecule has 7 heteroatoms. The predicted octanol–water partition coefficient (Wildman–Crippen LogP) is 4.95. The highest BCUT2D eigenvalue weighted by atomic mass is 16.5. The van der Waals surface area contributed by atoms with Crippen LogP contribution in [-0.2, 0) is 14.3 Å². The molecule has 0 saturated carbocycles. The van der Waals surface area contributed by atoms with Gasteiger partial charge < -0.3 is 20.5 Å². The second kappa shape index (κ2) is 10.5. The molecule has 2 aromatic carbocycles. The number of nitrogens with one attached hydrogen (secondary N) is 2. The summed E-state index contributed by atoms with van der Waals surface area (Å²) in [6, 6.07) is 15.2. The quantitative estimate of drug-likeness (QED) is 0.471. The van der Waals surface area contributed by atoms with Crippen LogP contribution in [0.4, 0.5) is 4.79 Å². The number of fused-ring (bicyclic) bond motifs is 3. The van der Waals surface area contributed by atoms with Gasteiger partial charge in [0.15, 0.2) is 0 Å². The van der Waals surface area contributed by atoms with Gasteiger partial charge in [-0.25, -0.2) is 9.59 Å². The van der Waals surface area contributed by atoms with Gasteiger partial charge >= 0.3 is 12.1 Å². The highest BCUT2D eigenvalue weighted by Crippen LogP contribution is 2.44. The van der Waals surface area contributed by atoms with Gasteiger partial charge in [-0.05, 0) is 47.4 Å². The lowest BCUT2D eigenvalue weighted by Gasteiger charge is -2.31. The molecule has 0 heterocycles. The third-order valence-corrected chi connectivity index (χ3v) is 6.71. The minimum absolute atomic E-state index is 0.0356. The van der Waals surface area contributed by atoms with Gasteiger partial charge in [0.25, 0.3) is 0 Å². The molecule has 0 saturated heterocycles. The molecule has 7 nitrogen and oxygen atoms in total. The number of alkyl carbamates (subject to hydrolysis) is 1. The van der Waals surface area contributed by atoms with Crippen molar-refractivity contribution < 1.29 is 24.2 Å². The van der Waals surface area contributed by atoms with Gasteiger partial charge in [-0.2, -0.15) is 0 Å². The van der Waals surface area contributed by atoms with Crippen LogP contribution in [0.3, 0.4) is 0 Å². The van der Waals surface area contributed by atoms with Gasteiger partial charge in [0, 0.05) is 12.5 Å². The number of benzene rings is 2. The van der Waals surface area contributed by atoms with Crippen molar-refractivity contribution >= 4 is 18.0 Å². The Labute approximate surface area is 207 Å². The zero-order chi connectivity index (χ0) is 25.8. The zero-order valence-electron chi connectivity index (χ0n) is 21.2. The zero-order valence-corrected chi connectivity index (χ0v) is 21.2. The van der Waals surface area contributed by atoms with Crippen molar-refractivity contribution in [3.8, 4) is 11.1 Å². The Kier molecular flexibility index (Phi) is 7.88. The van der Waals surface area contributed by atoms with E-state index in [1.165, 1.54) is 0 Å². The van der Waals surface area contributed by atoms with Gasteiger partial charge in [-0.1, -0.05) is 76.2 Å². The summed E-state index contributed by atoms with van der Waals surface area (Å²) >= 11 is 0. The van der Waals surface area contributed by atoms with E-state index < -0.39 is 29.4 Å². The second-order valence-electron chi connectivity index (χ2n) is 10.7. The third kappa shape index (κ3) is 6.21. The number of rotatable bonds is 9. The predicted molar refractivity (Wildman–Crippen MR) is 135 cm³/mol. The molecular weight excluding hydrogens is 444 g/mol. The summed E-state index contributed by atoms with van der Waals surface area (Å²) in [6.07, 6.45) is 0.113. The molecule has 188 valence electrons. The first-order valence-corrected chi connectivity index (χ1v) is 12.1. The normalized spacial score (nSPS) is 15.3. The van der Waals surface area contributed by atoms with Crippen LogP contribution in [0.2, 0.25) is 0 Å². The SMILES string of the molecule is CCC(C)(CNC(=O)OCC1c2ccccc2-c2ccccc21)C(=O)NC(CC(C)(C)C)C(=O)O. The van der Waals surface area contributed by atoms with Crippen LogP contribution < -0.4 is 10.6 Å². The Balaban J connectivity index is 1.60. The lowest BCUT2D eigenvalue weighted by atomic mass is 9.84. The summed E-state index contributed by atoms with van der Waals surface area (Å²) in [5.41, 5.74) is 3.30. The first-order valence-electron chi connectivity index (χ1n) is 12.1. The Morgan fingerprint density at radius 1 is 0.971 bits per heavy atom. The number of hydrogen-bond donors (Lipinski definition) is 3. The molecule has 0 aliphatic heterocycles. The van der Waals surface area contributed by atoms with Crippen molar-refractivity contribution in [3.05, 3.63) is 59.7 Å². The summed E-state index contributed by atoms with van der Waals surface area (Å²) in [7, 11) is 0. The molecule has 2 atom stereocenters. The fourth-order valence-corrected chi connectivity index (χ4v) is 4.43. The summed E-state index contributed by atoms with van der Waals surface area (Å²) in [5.74, 6) is -1.53. The van der Waals surface area contributed by atoms with E-state index >= 15 is 0 Å². The van der Waals surface area contributed by atoms with E-state index in [1.54, 1.807) is 6.92 Å². The standard InChI is InChI=1S/C28H36N2O5/c1-6-28(5,25(33)30-23(24(31)32)15-27(2,3)4)17-29-26(34)35-16-22-20-13-9-7-11-18(20)19-12-8-10-14-21(19)22/h7-14,22-23H,6,15-17H2,1-5H3,(H,29,34)(H,30,33)(H,31,32). The van der Waals surface area contributed by atoms with Gasteiger partial charge in [0.1, 0.15) is 12.6 Å². The average molecular weight is 481 g/mol. The fraction of sp³-hybridized carbons (Fsp3) is 0.464. The maximum atomic E-state index is 13.0. The van der Waals surface area contributed by atoms with Crippen LogP contribution in [0, 0.1) is 10.8 Å². The number of carbonyl (C=O) groups excluding carboxylic acids is 2. The number of carboxylic acid groups (broad SMARTS) is 1. The van der Waals surface area contributed by atoms with Gasteiger partial charge in [-0.3, -0.25) is 4.79 Å². The van der Waals surface area contributed by atoms with Crippen molar-refractivity contribution in [3.63, 3.8) is 0 Å². The molecule has 0 fully saturated rings. The molecule has 2 unspecified atom stereocenters. The van der Waals surface area contributed by atoms with Crippen molar-refractivity contribution in [1.29, 1.82) is 0 Å². The largest absolute Gasteiger partial charge is 0.480 e. The number of carbonyl (C=O) groups is 3. The molecule has 0 aromatic heterocycles. The number of carboxylic acids is 1. The highest BCUT2D eigenvalue weighted by molar-refractivity contribution is 5.87. The number of ether oxygens (including phenoxy) is 1. The lowest BCUT2D eigenvalue weighted by Crippen LogP contribution is -2.52. The lowest BCUT2D eigenvalue weighted by molar-refractivity contribution is -0.144. The molecule has 1 aliphatic rings. The summed E-state index contributed by atoms with van der Waals surface area (Å²) in [5, 5.41) is 14.9. The number of amides is 2. The van der Waals surface area contributed by atoms with E-state index in [-0.39, 0.29) is 24.5 Å². The number of hydrogen-bond acceptors (Lipinski definition) is 4. The van der Waals surface area contributed by atoms with Crippen LogP contribution in [0.1, 0.15) is 64.5 Å². The molecule has 0 spiro atoms. The van der Waals surface area contributed by atoms with E-state index in [0.29, 0.717) is 12.8 Å². The smallest absolute Gasteiger partial charge is 0.407 e. The van der Waals surface area contributed by atoms with E-state index in [4.69, 9.17) is 4.74 Å². The Morgan fingerprint density at radius 3 is 2.00 bits per heavy atom. The van der Waals surface area contributed by atoms with E-state index in [9.17, 15) is 19.5 Å². The van der Waals surface area contributed by atoms with Crippen molar-refractivity contribution in [2.45, 2.75) is 59.4 Å². The maximum Gasteiger partial charge on any atom is 0.407 e. The topological polar surface area (TPSA) is 105 Å². The van der Waals surface area contributed by atoms with Crippen molar-refractivity contribution in [2.75, 3.05) is 13.2 Å². The van der Waals surface area contributed by atoms with Crippen LogP contribution in [-0.4, -0.2) is 42.3 Å². The molecule has 0 bridgehead atoms. The molecule has 0 radical (unpaired) electrons. The van der Waals surface area contributed by atoms with E-state index in [2.05, 4.69) is 34.9 Å².